The van der Waals surface area contributed by atoms with Crippen LogP contribution >= 0.6 is 18.5 Å². The van der Waals surface area contributed by atoms with Gasteiger partial charge in [0.1, 0.15) is 18.4 Å². The molecule has 1 saturated carbocycles. The minimum absolute atomic E-state index is 0.209. The van der Waals surface area contributed by atoms with Crippen LogP contribution in [0.3, 0.4) is 0 Å². The lowest BCUT2D eigenvalue weighted by molar-refractivity contribution is 0.0947. The van der Waals surface area contributed by atoms with E-state index in [2.05, 4.69) is 20.6 Å². The van der Waals surface area contributed by atoms with Crippen LogP contribution in [-0.2, 0) is 11.6 Å². The molecule has 10 heteroatoms. The van der Waals surface area contributed by atoms with Crippen molar-refractivity contribution in [2.75, 3.05) is 18.6 Å². The Labute approximate surface area is 207 Å². The number of anilines is 2. The number of rotatable bonds is 6. The van der Waals surface area contributed by atoms with Gasteiger partial charge in [-0.25, -0.2) is 0 Å². The summed E-state index contributed by atoms with van der Waals surface area (Å²) in [5, 5.41) is 7.14. The molecule has 8 nitrogen and oxygen atoms in total. The molecule has 0 saturated heterocycles. The molecular weight excluding hydrogens is 481 g/mol. The molecule has 4 aromatic rings. The quantitative estimate of drug-likeness (QED) is 0.332. The zero-order valence-electron chi connectivity index (χ0n) is 20.4. The maximum Gasteiger partial charge on any atom is 0.274 e. The Balaban J connectivity index is 1.71. The Morgan fingerprint density at radius 2 is 2.00 bits per heavy atom. The van der Waals surface area contributed by atoms with Gasteiger partial charge in [-0.2, -0.15) is 0 Å². The van der Waals surface area contributed by atoms with Crippen molar-refractivity contribution in [3.05, 3.63) is 57.9 Å². The largest absolute Gasteiger partial charge is 0.353 e. The Bertz CT molecular complexity index is 1570. The second-order valence-corrected chi connectivity index (χ2v) is 14.1. The fourth-order valence-corrected chi connectivity index (χ4v) is 6.55. The van der Waals surface area contributed by atoms with Crippen molar-refractivity contribution in [3.63, 3.8) is 0 Å². The van der Waals surface area contributed by atoms with Crippen LogP contribution in [0, 0.1) is 13.8 Å². The van der Waals surface area contributed by atoms with Crippen LogP contribution in [0.15, 0.2) is 35.4 Å². The molecule has 1 amide bonds. The number of H-pyrrole nitrogens is 1. The monoisotopic (exact) mass is 509 g/mol. The van der Waals surface area contributed by atoms with Crippen LogP contribution in [0.4, 0.5) is 11.4 Å². The van der Waals surface area contributed by atoms with E-state index < -0.39 is 7.14 Å². The van der Waals surface area contributed by atoms with Crippen LogP contribution in [0.1, 0.15) is 34.6 Å². The van der Waals surface area contributed by atoms with E-state index in [0.717, 1.165) is 50.5 Å². The molecular formula is C25H28N5O3PS. The zero-order valence-corrected chi connectivity index (χ0v) is 22.1. The number of fused-ring (bicyclic) bond motifs is 1. The number of pyridine rings is 2. The first-order valence-electron chi connectivity index (χ1n) is 11.4. The lowest BCUT2D eigenvalue weighted by atomic mass is 10.1. The molecule has 35 heavy (non-hydrogen) atoms. The molecule has 1 aliphatic carbocycles. The van der Waals surface area contributed by atoms with Crippen LogP contribution in [0.2, 0.25) is 0 Å². The van der Waals surface area contributed by atoms with Crippen LogP contribution in [0.5, 0.6) is 0 Å². The molecule has 0 bridgehead atoms. The molecule has 0 radical (unpaired) electrons. The molecule has 0 aliphatic heterocycles. The summed E-state index contributed by atoms with van der Waals surface area (Å²) in [6, 6.07) is 5.82. The van der Waals surface area contributed by atoms with E-state index >= 15 is 0 Å². The summed E-state index contributed by atoms with van der Waals surface area (Å²) in [5.41, 5.74) is 4.88. The number of aromatic amines is 1. The highest BCUT2D eigenvalue weighted by molar-refractivity contribution is 7.75. The molecule has 3 N–H and O–H groups in total. The highest BCUT2D eigenvalue weighted by Gasteiger charge is 2.26. The summed E-state index contributed by atoms with van der Waals surface area (Å²) in [4.78, 5) is 34.0. The lowest BCUT2D eigenvalue weighted by Gasteiger charge is -2.13. The lowest BCUT2D eigenvalue weighted by Crippen LogP contribution is -2.25. The third-order valence-corrected chi connectivity index (χ3v) is 9.98. The topological polar surface area (TPSA) is 109 Å². The number of aryl methyl sites for hydroxylation is 3. The van der Waals surface area contributed by atoms with Gasteiger partial charge in [-0.05, 0) is 63.8 Å². The number of nitrogens with one attached hydrogen (secondary N) is 3. The average Bonchev–Trinajstić information content (AvgIpc) is 3.31. The fraction of sp³-hybridized carbons (Fsp3) is 0.320. The first kappa shape index (κ1) is 23.6. The molecule has 0 aromatic carbocycles. The highest BCUT2D eigenvalue weighted by atomic mass is 32.1. The number of carbonyl (C=O) groups is 1. The third-order valence-electron chi connectivity index (χ3n) is 6.22. The first-order valence-corrected chi connectivity index (χ1v) is 14.9. The maximum atomic E-state index is 13.0. The van der Waals surface area contributed by atoms with Gasteiger partial charge in [-0.15, -0.1) is 11.3 Å². The number of aromatic nitrogens is 3. The van der Waals surface area contributed by atoms with Crippen LogP contribution in [0.25, 0.3) is 21.3 Å². The molecule has 0 spiro atoms. The van der Waals surface area contributed by atoms with Crippen molar-refractivity contribution in [1.29, 1.82) is 0 Å². The maximum absolute atomic E-state index is 13.0. The fourth-order valence-electron chi connectivity index (χ4n) is 4.08. The molecule has 5 rings (SSSR count). The predicted octanol–water partition coefficient (Wildman–Crippen LogP) is 4.49. The van der Waals surface area contributed by atoms with Crippen molar-refractivity contribution in [3.8, 4) is 10.4 Å². The predicted molar refractivity (Wildman–Crippen MR) is 143 cm³/mol. The second-order valence-electron chi connectivity index (χ2n) is 9.57. The average molecular weight is 510 g/mol. The smallest absolute Gasteiger partial charge is 0.274 e. The Kier molecular flexibility index (Phi) is 5.73. The molecule has 1 aliphatic rings. The van der Waals surface area contributed by atoms with E-state index in [4.69, 9.17) is 0 Å². The van der Waals surface area contributed by atoms with Crippen molar-refractivity contribution < 1.29 is 9.36 Å². The van der Waals surface area contributed by atoms with E-state index in [1.807, 2.05) is 26.0 Å². The Morgan fingerprint density at radius 3 is 2.66 bits per heavy atom. The summed E-state index contributed by atoms with van der Waals surface area (Å²) in [7, 11) is -0.860. The minimum atomic E-state index is -2.55. The normalized spacial score (nSPS) is 13.9. The number of hydrogen-bond donors (Lipinski definition) is 3. The molecule has 4 heterocycles. The number of amides is 1. The highest BCUT2D eigenvalue weighted by Crippen LogP contribution is 2.46. The van der Waals surface area contributed by atoms with Gasteiger partial charge in [0, 0.05) is 36.4 Å². The van der Waals surface area contributed by atoms with Gasteiger partial charge in [0.15, 0.2) is 0 Å². The summed E-state index contributed by atoms with van der Waals surface area (Å²) in [5.74, 6) is -0.213. The molecule has 0 atom stereocenters. The number of carbonyl (C=O) groups excluding carboxylic acids is 1. The Morgan fingerprint density at radius 1 is 1.26 bits per heavy atom. The van der Waals surface area contributed by atoms with Gasteiger partial charge in [0.2, 0.25) is 0 Å². The van der Waals surface area contributed by atoms with E-state index in [1.54, 1.807) is 38.8 Å². The van der Waals surface area contributed by atoms with Crippen molar-refractivity contribution >= 4 is 51.3 Å². The zero-order chi connectivity index (χ0) is 25.1. The summed E-state index contributed by atoms with van der Waals surface area (Å²) in [6.07, 6.45) is 5.51. The van der Waals surface area contributed by atoms with E-state index in [9.17, 15) is 14.2 Å². The molecule has 1 fully saturated rings. The summed E-state index contributed by atoms with van der Waals surface area (Å²) < 4.78 is 15.3. The summed E-state index contributed by atoms with van der Waals surface area (Å²) >= 11 is 1.44. The van der Waals surface area contributed by atoms with Crippen molar-refractivity contribution in [2.24, 2.45) is 7.05 Å². The van der Waals surface area contributed by atoms with E-state index in [-0.39, 0.29) is 17.5 Å². The second kappa shape index (κ2) is 8.50. The Hall–Kier alpha value is -3.16. The third kappa shape index (κ3) is 4.46. The standard InChI is InChI=1S/C25H28N5O3PS/c1-13-8-9-26-14(2)21(13)28-18-11-20(34(4,5)33)35-23(18)17-12-30(3)25(32)22-16(17)10-19(29-22)24(31)27-15-6-7-15/h8-12,15,28-29H,6-7H2,1-5H3,(H,27,31). The van der Waals surface area contributed by atoms with Gasteiger partial charge in [0.05, 0.1) is 26.6 Å². The minimum Gasteiger partial charge on any atom is -0.353 e. The molecule has 182 valence electrons. The SMILES string of the molecule is Cc1ccnc(C)c1Nc1cc(P(C)(C)=O)sc1-c1cn(C)c(=O)c2[nH]c(C(=O)NC3CC3)cc12. The molecule has 4 aromatic heterocycles. The van der Waals surface area contributed by atoms with Crippen LogP contribution < -0.4 is 20.8 Å². The van der Waals surface area contributed by atoms with E-state index in [0.29, 0.717) is 16.6 Å². The molecule has 0 unspecified atom stereocenters. The summed E-state index contributed by atoms with van der Waals surface area (Å²) in [6.45, 7) is 7.45. The number of thiophene rings is 1. The van der Waals surface area contributed by atoms with Crippen LogP contribution in [-0.4, -0.2) is 39.8 Å². The van der Waals surface area contributed by atoms with Crippen molar-refractivity contribution in [1.82, 2.24) is 19.9 Å². The van der Waals surface area contributed by atoms with Gasteiger partial charge in [-0.1, -0.05) is 0 Å². The van der Waals surface area contributed by atoms with Crippen molar-refractivity contribution in [2.45, 2.75) is 32.7 Å². The number of nitrogens with zero attached hydrogens (tertiary/aromatic N) is 2. The first-order chi connectivity index (χ1) is 16.5. The van der Waals surface area contributed by atoms with Gasteiger partial charge in [0.25, 0.3) is 11.5 Å². The number of hydrogen-bond acceptors (Lipinski definition) is 6. The van der Waals surface area contributed by atoms with Gasteiger partial charge < -0.3 is 24.7 Å². The van der Waals surface area contributed by atoms with Gasteiger partial charge >= 0.3 is 0 Å². The van der Waals surface area contributed by atoms with E-state index in [1.165, 1.54) is 15.9 Å². The van der Waals surface area contributed by atoms with Gasteiger partial charge in [-0.3, -0.25) is 14.6 Å².